The number of aliphatic hydroxyl groups is 1. The van der Waals surface area contributed by atoms with Crippen LogP contribution in [0.4, 0.5) is 5.69 Å². The Balaban J connectivity index is 2.92. The smallest absolute Gasteiger partial charge is 0.356 e. The minimum absolute atomic E-state index is 0.00600. The highest BCUT2D eigenvalue weighted by atomic mass is 16.4. The van der Waals surface area contributed by atoms with Crippen LogP contribution in [0.2, 0.25) is 0 Å². The Labute approximate surface area is 94.1 Å². The molecule has 1 aromatic rings. The van der Waals surface area contributed by atoms with Crippen LogP contribution in [0.3, 0.4) is 0 Å². The number of pyridine rings is 1. The molecule has 0 atom stereocenters. The standard InChI is InChI=1S/C11H16N2O3/c1-11(2,5-7-14)13-8-4-3-6-12-9(8)10(15)16/h3-4,6,13-14H,5,7H2,1-2H3,(H,15,16). The lowest BCUT2D eigenvalue weighted by atomic mass is 10.0. The summed E-state index contributed by atoms with van der Waals surface area (Å²) in [6.45, 7) is 3.83. The highest BCUT2D eigenvalue weighted by molar-refractivity contribution is 5.91. The molecule has 0 spiro atoms. The van der Waals surface area contributed by atoms with Crippen molar-refractivity contribution in [3.63, 3.8) is 0 Å². The average molecular weight is 224 g/mol. The molecule has 1 aromatic heterocycles. The van der Waals surface area contributed by atoms with Gasteiger partial charge in [-0.15, -0.1) is 0 Å². The van der Waals surface area contributed by atoms with E-state index in [0.717, 1.165) is 0 Å². The number of anilines is 1. The number of nitrogens with one attached hydrogen (secondary N) is 1. The summed E-state index contributed by atoms with van der Waals surface area (Å²) in [5.74, 6) is -1.07. The molecule has 5 nitrogen and oxygen atoms in total. The van der Waals surface area contributed by atoms with Gasteiger partial charge in [0.05, 0.1) is 5.69 Å². The Hall–Kier alpha value is -1.62. The van der Waals surface area contributed by atoms with E-state index < -0.39 is 5.97 Å². The number of carboxylic acids is 1. The number of carbonyl (C=O) groups is 1. The second-order valence-corrected chi connectivity index (χ2v) is 4.19. The van der Waals surface area contributed by atoms with Crippen LogP contribution in [0.15, 0.2) is 18.3 Å². The van der Waals surface area contributed by atoms with Crippen molar-refractivity contribution in [3.05, 3.63) is 24.0 Å². The second kappa shape index (κ2) is 4.94. The average Bonchev–Trinajstić information content (AvgIpc) is 2.17. The molecule has 0 saturated heterocycles. The van der Waals surface area contributed by atoms with Gasteiger partial charge in [-0.25, -0.2) is 9.78 Å². The van der Waals surface area contributed by atoms with Crippen LogP contribution in [0, 0.1) is 0 Å². The zero-order chi connectivity index (χ0) is 12.2. The van der Waals surface area contributed by atoms with Crippen molar-refractivity contribution in [1.29, 1.82) is 0 Å². The first-order valence-electron chi connectivity index (χ1n) is 5.03. The highest BCUT2D eigenvalue weighted by Gasteiger charge is 2.20. The predicted molar refractivity (Wildman–Crippen MR) is 60.6 cm³/mol. The lowest BCUT2D eigenvalue weighted by Gasteiger charge is -2.27. The summed E-state index contributed by atoms with van der Waals surface area (Å²) < 4.78 is 0. The van der Waals surface area contributed by atoms with Gasteiger partial charge in [-0.3, -0.25) is 0 Å². The lowest BCUT2D eigenvalue weighted by Crippen LogP contribution is -2.32. The topological polar surface area (TPSA) is 82.5 Å². The maximum Gasteiger partial charge on any atom is 0.356 e. The third kappa shape index (κ3) is 3.20. The molecule has 0 radical (unpaired) electrons. The molecule has 0 fully saturated rings. The number of rotatable bonds is 5. The summed E-state index contributed by atoms with van der Waals surface area (Å²) in [7, 11) is 0. The van der Waals surface area contributed by atoms with Gasteiger partial charge in [-0.2, -0.15) is 0 Å². The number of aromatic nitrogens is 1. The minimum Gasteiger partial charge on any atom is -0.476 e. The van der Waals surface area contributed by atoms with Crippen molar-refractivity contribution >= 4 is 11.7 Å². The molecular weight excluding hydrogens is 208 g/mol. The summed E-state index contributed by atoms with van der Waals surface area (Å²) in [4.78, 5) is 14.7. The number of nitrogens with zero attached hydrogens (tertiary/aromatic N) is 1. The predicted octanol–water partition coefficient (Wildman–Crippen LogP) is 1.35. The number of aliphatic hydroxyl groups excluding tert-OH is 1. The summed E-state index contributed by atoms with van der Waals surface area (Å²) in [6.07, 6.45) is 1.97. The van der Waals surface area contributed by atoms with Crippen molar-refractivity contribution in [2.24, 2.45) is 0 Å². The zero-order valence-corrected chi connectivity index (χ0v) is 9.40. The van der Waals surface area contributed by atoms with Crippen LogP contribution in [-0.4, -0.2) is 33.3 Å². The van der Waals surface area contributed by atoms with E-state index in [0.29, 0.717) is 12.1 Å². The van der Waals surface area contributed by atoms with Crippen LogP contribution in [0.5, 0.6) is 0 Å². The van der Waals surface area contributed by atoms with Gasteiger partial charge in [0, 0.05) is 18.3 Å². The third-order valence-corrected chi connectivity index (χ3v) is 2.22. The van der Waals surface area contributed by atoms with Crippen molar-refractivity contribution < 1.29 is 15.0 Å². The molecule has 16 heavy (non-hydrogen) atoms. The van der Waals surface area contributed by atoms with Crippen molar-refractivity contribution in [2.45, 2.75) is 25.8 Å². The first kappa shape index (κ1) is 12.4. The van der Waals surface area contributed by atoms with Crippen molar-refractivity contribution in [1.82, 2.24) is 4.98 Å². The molecule has 0 aliphatic rings. The zero-order valence-electron chi connectivity index (χ0n) is 9.40. The van der Waals surface area contributed by atoms with Gasteiger partial charge in [-0.05, 0) is 32.4 Å². The maximum atomic E-state index is 10.9. The van der Waals surface area contributed by atoms with Gasteiger partial charge < -0.3 is 15.5 Å². The molecule has 1 rings (SSSR count). The molecule has 0 amide bonds. The molecule has 88 valence electrons. The molecule has 0 bridgehead atoms. The van der Waals surface area contributed by atoms with E-state index in [1.54, 1.807) is 12.1 Å². The van der Waals surface area contributed by atoms with Gasteiger partial charge in [-0.1, -0.05) is 0 Å². The Kier molecular flexibility index (Phi) is 3.84. The van der Waals surface area contributed by atoms with Crippen LogP contribution >= 0.6 is 0 Å². The van der Waals surface area contributed by atoms with Gasteiger partial charge in [0.1, 0.15) is 0 Å². The first-order valence-corrected chi connectivity index (χ1v) is 5.03. The Bertz CT molecular complexity index is 377. The van der Waals surface area contributed by atoms with Crippen molar-refractivity contribution in [3.8, 4) is 0 Å². The second-order valence-electron chi connectivity index (χ2n) is 4.19. The fourth-order valence-electron chi connectivity index (χ4n) is 1.38. The SMILES string of the molecule is CC(C)(CCO)Nc1cccnc1C(=O)O. The summed E-state index contributed by atoms with van der Waals surface area (Å²) in [6, 6.07) is 3.33. The monoisotopic (exact) mass is 224 g/mol. The quantitative estimate of drug-likeness (QED) is 0.703. The number of aromatic carboxylic acids is 1. The molecular formula is C11H16N2O3. The van der Waals surface area contributed by atoms with Gasteiger partial charge >= 0.3 is 5.97 Å². The van der Waals surface area contributed by atoms with Crippen molar-refractivity contribution in [2.75, 3.05) is 11.9 Å². The molecule has 0 aromatic carbocycles. The summed E-state index contributed by atoms with van der Waals surface area (Å²) in [5.41, 5.74) is 0.0871. The molecule has 0 saturated carbocycles. The molecule has 5 heteroatoms. The first-order chi connectivity index (χ1) is 7.46. The highest BCUT2D eigenvalue weighted by Crippen LogP contribution is 2.20. The Morgan fingerprint density at radius 1 is 1.56 bits per heavy atom. The van der Waals surface area contributed by atoms with Gasteiger partial charge in [0.15, 0.2) is 5.69 Å². The third-order valence-electron chi connectivity index (χ3n) is 2.22. The summed E-state index contributed by atoms with van der Waals surface area (Å²) in [5, 5.41) is 20.9. The largest absolute Gasteiger partial charge is 0.476 e. The molecule has 0 aliphatic heterocycles. The fourth-order valence-corrected chi connectivity index (χ4v) is 1.38. The Morgan fingerprint density at radius 2 is 2.25 bits per heavy atom. The van der Waals surface area contributed by atoms with E-state index in [9.17, 15) is 4.79 Å². The van der Waals surface area contributed by atoms with Crippen LogP contribution < -0.4 is 5.32 Å². The van der Waals surface area contributed by atoms with E-state index in [-0.39, 0.29) is 17.8 Å². The van der Waals surface area contributed by atoms with Gasteiger partial charge in [0.25, 0.3) is 0 Å². The van der Waals surface area contributed by atoms with Gasteiger partial charge in [0.2, 0.25) is 0 Å². The van der Waals surface area contributed by atoms with Crippen LogP contribution in [0.1, 0.15) is 30.8 Å². The molecule has 0 aliphatic carbocycles. The number of hydrogen-bond donors (Lipinski definition) is 3. The fraction of sp³-hybridized carbons (Fsp3) is 0.455. The van der Waals surface area contributed by atoms with E-state index in [2.05, 4.69) is 10.3 Å². The van der Waals surface area contributed by atoms with E-state index >= 15 is 0 Å². The van der Waals surface area contributed by atoms with Crippen LogP contribution in [-0.2, 0) is 0 Å². The van der Waals surface area contributed by atoms with Crippen LogP contribution in [0.25, 0.3) is 0 Å². The van der Waals surface area contributed by atoms with E-state index in [1.807, 2.05) is 13.8 Å². The molecule has 3 N–H and O–H groups in total. The number of hydrogen-bond acceptors (Lipinski definition) is 4. The Morgan fingerprint density at radius 3 is 2.81 bits per heavy atom. The number of carboxylic acid groups (broad SMARTS) is 1. The van der Waals surface area contributed by atoms with E-state index in [1.165, 1.54) is 6.20 Å². The summed E-state index contributed by atoms with van der Waals surface area (Å²) >= 11 is 0. The molecule has 0 unspecified atom stereocenters. The molecule has 1 heterocycles. The lowest BCUT2D eigenvalue weighted by molar-refractivity contribution is 0.0691. The normalized spacial score (nSPS) is 11.2. The van der Waals surface area contributed by atoms with E-state index in [4.69, 9.17) is 10.2 Å². The maximum absolute atomic E-state index is 10.9. The minimum atomic E-state index is -1.07.